The number of carbonyl (C=O) groups is 2. The molecule has 1 aromatic rings. The number of anilines is 1. The molecule has 0 aliphatic heterocycles. The van der Waals surface area contributed by atoms with E-state index in [2.05, 4.69) is 16.0 Å². The molecule has 1 rings (SSSR count). The van der Waals surface area contributed by atoms with Crippen molar-refractivity contribution in [1.82, 2.24) is 10.6 Å². The first-order chi connectivity index (χ1) is 11.0. The Kier molecular flexibility index (Phi) is 6.74. The Morgan fingerprint density at radius 2 is 2.04 bits per heavy atom. The number of hydrogen-bond donors (Lipinski definition) is 3. The summed E-state index contributed by atoms with van der Waals surface area (Å²) in [7, 11) is 0. The van der Waals surface area contributed by atoms with E-state index in [0.29, 0.717) is 13.1 Å². The summed E-state index contributed by atoms with van der Waals surface area (Å²) in [6.07, 6.45) is 1.19. The maximum atomic E-state index is 12.0. The fourth-order valence-electron chi connectivity index (χ4n) is 1.56. The molecule has 0 aliphatic rings. The molecule has 1 aromatic carbocycles. The fraction of sp³-hybridized carbons (Fsp3) is 0.214. The molecule has 0 unspecified atom stereocenters. The van der Waals surface area contributed by atoms with Crippen LogP contribution in [0.4, 0.5) is 11.4 Å². The Morgan fingerprint density at radius 1 is 1.35 bits per heavy atom. The molecule has 23 heavy (non-hydrogen) atoms. The molecule has 9 nitrogen and oxygen atoms in total. The lowest BCUT2D eigenvalue weighted by Gasteiger charge is -2.06. The SMILES string of the molecule is CC(=O)NCCN/C=C(/C#N)C(=O)Nc1ccccc1[N+](=O)[O-]. The molecule has 0 fully saturated rings. The summed E-state index contributed by atoms with van der Waals surface area (Å²) < 4.78 is 0. The summed E-state index contributed by atoms with van der Waals surface area (Å²) in [5, 5.41) is 27.4. The molecule has 0 atom stereocenters. The van der Waals surface area contributed by atoms with Gasteiger partial charge < -0.3 is 16.0 Å². The topological polar surface area (TPSA) is 137 Å². The van der Waals surface area contributed by atoms with Crippen LogP contribution in [0.25, 0.3) is 0 Å². The first-order valence-corrected chi connectivity index (χ1v) is 6.58. The molecule has 0 bridgehead atoms. The zero-order chi connectivity index (χ0) is 17.2. The molecule has 0 saturated heterocycles. The van der Waals surface area contributed by atoms with E-state index in [1.807, 2.05) is 0 Å². The first kappa shape index (κ1) is 17.6. The lowest BCUT2D eigenvalue weighted by Crippen LogP contribution is -2.28. The standard InChI is InChI=1S/C14H15N5O4/c1-10(20)17-7-6-16-9-11(8-15)14(21)18-12-4-2-3-5-13(12)19(22)23/h2-5,9,16H,6-7H2,1H3,(H,17,20)(H,18,21)/b11-9-. The van der Waals surface area contributed by atoms with Crippen LogP contribution < -0.4 is 16.0 Å². The van der Waals surface area contributed by atoms with Crippen molar-refractivity contribution >= 4 is 23.2 Å². The monoisotopic (exact) mass is 317 g/mol. The number of benzene rings is 1. The van der Waals surface area contributed by atoms with Gasteiger partial charge in [-0.3, -0.25) is 19.7 Å². The van der Waals surface area contributed by atoms with Crippen molar-refractivity contribution in [3.8, 4) is 6.07 Å². The summed E-state index contributed by atoms with van der Waals surface area (Å²) in [5.74, 6) is -0.959. The number of nitrogens with zero attached hydrogens (tertiary/aromatic N) is 2. The average Bonchev–Trinajstić information content (AvgIpc) is 2.50. The highest BCUT2D eigenvalue weighted by atomic mass is 16.6. The van der Waals surface area contributed by atoms with Crippen LogP contribution in [0.15, 0.2) is 36.0 Å². The van der Waals surface area contributed by atoms with Gasteiger partial charge in [-0.15, -0.1) is 0 Å². The highest BCUT2D eigenvalue weighted by Crippen LogP contribution is 2.23. The van der Waals surface area contributed by atoms with Crippen molar-refractivity contribution < 1.29 is 14.5 Å². The van der Waals surface area contributed by atoms with E-state index in [9.17, 15) is 19.7 Å². The largest absolute Gasteiger partial charge is 0.388 e. The van der Waals surface area contributed by atoms with E-state index in [-0.39, 0.29) is 22.9 Å². The van der Waals surface area contributed by atoms with Gasteiger partial charge >= 0.3 is 0 Å². The van der Waals surface area contributed by atoms with Crippen molar-refractivity contribution in [2.75, 3.05) is 18.4 Å². The molecule has 2 amide bonds. The number of hydrogen-bond acceptors (Lipinski definition) is 6. The maximum Gasteiger partial charge on any atom is 0.292 e. The minimum absolute atomic E-state index is 0.00176. The van der Waals surface area contributed by atoms with Gasteiger partial charge in [-0.1, -0.05) is 12.1 Å². The number of amides is 2. The molecule has 120 valence electrons. The van der Waals surface area contributed by atoms with Crippen LogP contribution in [-0.2, 0) is 9.59 Å². The van der Waals surface area contributed by atoms with Crippen molar-refractivity contribution in [3.63, 3.8) is 0 Å². The predicted octanol–water partition coefficient (Wildman–Crippen LogP) is 0.666. The van der Waals surface area contributed by atoms with Gasteiger partial charge in [0, 0.05) is 32.3 Å². The van der Waals surface area contributed by atoms with Crippen molar-refractivity contribution in [3.05, 3.63) is 46.2 Å². The number of para-hydroxylation sites is 2. The molecular formula is C14H15N5O4. The van der Waals surface area contributed by atoms with E-state index in [1.165, 1.54) is 37.4 Å². The number of carbonyl (C=O) groups excluding carboxylic acids is 2. The first-order valence-electron chi connectivity index (χ1n) is 6.58. The van der Waals surface area contributed by atoms with E-state index in [4.69, 9.17) is 5.26 Å². The number of nitro groups is 1. The van der Waals surface area contributed by atoms with Crippen LogP contribution in [0, 0.1) is 21.4 Å². The van der Waals surface area contributed by atoms with Gasteiger partial charge in [0.1, 0.15) is 17.3 Å². The Morgan fingerprint density at radius 3 is 2.65 bits per heavy atom. The van der Waals surface area contributed by atoms with Gasteiger partial charge in [0.15, 0.2) is 0 Å². The van der Waals surface area contributed by atoms with Gasteiger partial charge in [0.05, 0.1) is 4.92 Å². The van der Waals surface area contributed by atoms with E-state index in [1.54, 1.807) is 6.07 Å². The van der Waals surface area contributed by atoms with Gasteiger partial charge in [0.2, 0.25) is 5.91 Å². The van der Waals surface area contributed by atoms with Gasteiger partial charge in [0.25, 0.3) is 11.6 Å². The average molecular weight is 317 g/mol. The van der Waals surface area contributed by atoms with Crippen LogP contribution in [0.3, 0.4) is 0 Å². The molecule has 0 aliphatic carbocycles. The normalized spacial score (nSPS) is 10.3. The smallest absolute Gasteiger partial charge is 0.292 e. The highest BCUT2D eigenvalue weighted by molar-refractivity contribution is 6.07. The van der Waals surface area contributed by atoms with Crippen molar-refractivity contribution in [1.29, 1.82) is 5.26 Å². The second-order valence-electron chi connectivity index (χ2n) is 4.34. The molecule has 0 spiro atoms. The van der Waals surface area contributed by atoms with E-state index >= 15 is 0 Å². The quantitative estimate of drug-likeness (QED) is 0.222. The summed E-state index contributed by atoms with van der Waals surface area (Å²) in [4.78, 5) is 32.9. The summed E-state index contributed by atoms with van der Waals surface area (Å²) in [6.45, 7) is 2.02. The Balaban J connectivity index is 2.69. The second kappa shape index (κ2) is 8.78. The van der Waals surface area contributed by atoms with Crippen LogP contribution in [-0.4, -0.2) is 29.8 Å². The third-order valence-electron chi connectivity index (χ3n) is 2.60. The summed E-state index contributed by atoms with van der Waals surface area (Å²) in [6, 6.07) is 7.32. The van der Waals surface area contributed by atoms with Crippen molar-refractivity contribution in [2.24, 2.45) is 0 Å². The van der Waals surface area contributed by atoms with E-state index in [0.717, 1.165) is 0 Å². The molecule has 0 radical (unpaired) electrons. The molecular weight excluding hydrogens is 302 g/mol. The third kappa shape index (κ3) is 5.84. The van der Waals surface area contributed by atoms with Gasteiger partial charge in [-0.2, -0.15) is 5.26 Å². The number of nitro benzene ring substituents is 1. The van der Waals surface area contributed by atoms with Gasteiger partial charge in [-0.25, -0.2) is 0 Å². The van der Waals surface area contributed by atoms with E-state index < -0.39 is 10.8 Å². The Labute approximate surface area is 132 Å². The zero-order valence-corrected chi connectivity index (χ0v) is 12.3. The highest BCUT2D eigenvalue weighted by Gasteiger charge is 2.16. The molecule has 3 N–H and O–H groups in total. The van der Waals surface area contributed by atoms with Crippen LogP contribution >= 0.6 is 0 Å². The van der Waals surface area contributed by atoms with Gasteiger partial charge in [-0.05, 0) is 6.07 Å². The van der Waals surface area contributed by atoms with Crippen molar-refractivity contribution in [2.45, 2.75) is 6.92 Å². The molecule has 0 aromatic heterocycles. The summed E-state index contributed by atoms with van der Waals surface area (Å²) >= 11 is 0. The molecule has 0 saturated carbocycles. The maximum absolute atomic E-state index is 12.0. The number of nitriles is 1. The number of nitrogens with one attached hydrogen (secondary N) is 3. The lowest BCUT2D eigenvalue weighted by atomic mass is 10.2. The Bertz CT molecular complexity index is 678. The molecule has 0 heterocycles. The molecule has 9 heteroatoms. The van der Waals surface area contributed by atoms with Crippen LogP contribution in [0.5, 0.6) is 0 Å². The fourth-order valence-corrected chi connectivity index (χ4v) is 1.56. The van der Waals surface area contributed by atoms with Crippen LogP contribution in [0.2, 0.25) is 0 Å². The second-order valence-corrected chi connectivity index (χ2v) is 4.34. The predicted molar refractivity (Wildman–Crippen MR) is 82.1 cm³/mol. The Hall–Kier alpha value is -3.41. The zero-order valence-electron chi connectivity index (χ0n) is 12.3. The minimum atomic E-state index is -0.770. The summed E-state index contributed by atoms with van der Waals surface area (Å²) in [5.41, 5.74) is -0.510. The number of rotatable bonds is 7. The van der Waals surface area contributed by atoms with Crippen LogP contribution in [0.1, 0.15) is 6.92 Å². The lowest BCUT2D eigenvalue weighted by molar-refractivity contribution is -0.383. The third-order valence-corrected chi connectivity index (χ3v) is 2.60. The minimum Gasteiger partial charge on any atom is -0.388 e.